The summed E-state index contributed by atoms with van der Waals surface area (Å²) in [5.74, 6) is 1.29. The second-order valence-electron chi connectivity index (χ2n) is 6.23. The summed E-state index contributed by atoms with van der Waals surface area (Å²) in [7, 11) is 1.60. The summed E-state index contributed by atoms with van der Waals surface area (Å²) in [4.78, 5) is 12.5. The number of carbonyl (C=O) groups is 1. The van der Waals surface area contributed by atoms with Gasteiger partial charge < -0.3 is 14.8 Å². The van der Waals surface area contributed by atoms with E-state index in [2.05, 4.69) is 12.2 Å². The van der Waals surface area contributed by atoms with Crippen molar-refractivity contribution in [3.05, 3.63) is 23.8 Å². The molecule has 1 aliphatic carbocycles. The topological polar surface area (TPSA) is 47.6 Å². The third kappa shape index (κ3) is 5.45. The quantitative estimate of drug-likeness (QED) is 0.849. The number of rotatable bonds is 6. The van der Waals surface area contributed by atoms with E-state index in [1.807, 2.05) is 12.1 Å². The summed E-state index contributed by atoms with van der Waals surface area (Å²) in [5, 5.41) is 3.18. The average molecular weight is 319 g/mol. The van der Waals surface area contributed by atoms with E-state index < -0.39 is 0 Å². The van der Waals surface area contributed by atoms with Crippen LogP contribution in [-0.2, 0) is 0 Å². The molecule has 0 spiro atoms. The molecule has 1 N–H and O–H groups in total. The van der Waals surface area contributed by atoms with Gasteiger partial charge in [-0.15, -0.1) is 0 Å². The molecule has 0 bridgehead atoms. The summed E-state index contributed by atoms with van der Waals surface area (Å²) in [6, 6.07) is 5.70. The molecule has 2 rings (SSSR count). The number of ether oxygens (including phenoxy) is 2. The number of benzene rings is 1. The van der Waals surface area contributed by atoms with Gasteiger partial charge in [-0.1, -0.05) is 39.0 Å². The Morgan fingerprint density at radius 1 is 1.13 bits per heavy atom. The lowest BCUT2D eigenvalue weighted by molar-refractivity contribution is 0.0930. The lowest BCUT2D eigenvalue weighted by atomic mass is 9.96. The third-order valence-electron chi connectivity index (χ3n) is 4.33. The zero-order valence-corrected chi connectivity index (χ0v) is 14.4. The van der Waals surface area contributed by atoms with Crippen molar-refractivity contribution >= 4 is 5.91 Å². The monoisotopic (exact) mass is 319 g/mol. The predicted octanol–water partition coefficient (Wildman–Crippen LogP) is 4.33. The van der Waals surface area contributed by atoms with Crippen LogP contribution in [0.2, 0.25) is 0 Å². The fraction of sp³-hybridized carbons (Fsp3) is 0.632. The van der Waals surface area contributed by atoms with Gasteiger partial charge in [-0.2, -0.15) is 0 Å². The molecule has 0 saturated heterocycles. The van der Waals surface area contributed by atoms with E-state index in [0.29, 0.717) is 29.7 Å². The molecule has 1 saturated carbocycles. The molecule has 0 atom stereocenters. The fourth-order valence-corrected chi connectivity index (χ4v) is 3.01. The van der Waals surface area contributed by atoms with Crippen LogP contribution < -0.4 is 14.8 Å². The minimum Gasteiger partial charge on any atom is -0.493 e. The largest absolute Gasteiger partial charge is 0.493 e. The summed E-state index contributed by atoms with van der Waals surface area (Å²) in [5.41, 5.74) is 0.632. The second kappa shape index (κ2) is 9.43. The third-order valence-corrected chi connectivity index (χ3v) is 4.33. The van der Waals surface area contributed by atoms with Gasteiger partial charge in [0, 0.05) is 11.6 Å². The van der Waals surface area contributed by atoms with E-state index in [-0.39, 0.29) is 5.91 Å². The van der Waals surface area contributed by atoms with Crippen LogP contribution in [0.1, 0.15) is 68.6 Å². The van der Waals surface area contributed by atoms with Crippen LogP contribution in [0.3, 0.4) is 0 Å². The molecule has 1 aliphatic rings. The average Bonchev–Trinajstić information content (AvgIpc) is 2.55. The molecule has 0 aliphatic heterocycles. The maximum absolute atomic E-state index is 12.5. The first-order chi connectivity index (χ1) is 11.2. The normalized spacial score (nSPS) is 16.3. The van der Waals surface area contributed by atoms with Gasteiger partial charge in [0.05, 0.1) is 13.7 Å². The first kappa shape index (κ1) is 17.6. The Morgan fingerprint density at radius 2 is 1.83 bits per heavy atom. The molecule has 4 nitrogen and oxygen atoms in total. The van der Waals surface area contributed by atoms with Crippen LogP contribution in [-0.4, -0.2) is 25.7 Å². The Kier molecular flexibility index (Phi) is 7.24. The lowest BCUT2D eigenvalue weighted by Gasteiger charge is -2.21. The van der Waals surface area contributed by atoms with Gasteiger partial charge in [-0.3, -0.25) is 4.79 Å². The van der Waals surface area contributed by atoms with Crippen molar-refractivity contribution < 1.29 is 14.3 Å². The van der Waals surface area contributed by atoms with Crippen molar-refractivity contribution in [1.82, 2.24) is 5.32 Å². The molecular formula is C19H29NO3. The minimum atomic E-state index is -0.0177. The molecule has 0 radical (unpaired) electrons. The van der Waals surface area contributed by atoms with E-state index in [9.17, 15) is 4.79 Å². The highest BCUT2D eigenvalue weighted by atomic mass is 16.5. The van der Waals surface area contributed by atoms with E-state index in [0.717, 1.165) is 19.3 Å². The summed E-state index contributed by atoms with van der Waals surface area (Å²) in [6.45, 7) is 2.70. The van der Waals surface area contributed by atoms with E-state index in [1.54, 1.807) is 13.2 Å². The number of hydrogen-bond acceptors (Lipinski definition) is 3. The van der Waals surface area contributed by atoms with Crippen LogP contribution in [0.5, 0.6) is 11.5 Å². The zero-order chi connectivity index (χ0) is 16.5. The Labute approximate surface area is 139 Å². The highest BCUT2D eigenvalue weighted by Gasteiger charge is 2.16. The first-order valence-corrected chi connectivity index (χ1v) is 8.86. The maximum Gasteiger partial charge on any atom is 0.251 e. The first-order valence-electron chi connectivity index (χ1n) is 8.86. The zero-order valence-electron chi connectivity index (χ0n) is 14.4. The van der Waals surface area contributed by atoms with Gasteiger partial charge in [-0.05, 0) is 37.5 Å². The van der Waals surface area contributed by atoms with Gasteiger partial charge in [-0.25, -0.2) is 0 Å². The highest BCUT2D eigenvalue weighted by molar-refractivity contribution is 5.95. The van der Waals surface area contributed by atoms with E-state index in [1.165, 1.54) is 32.1 Å². The Hall–Kier alpha value is -1.71. The van der Waals surface area contributed by atoms with Gasteiger partial charge in [0.1, 0.15) is 0 Å². The van der Waals surface area contributed by atoms with Crippen molar-refractivity contribution in [3.63, 3.8) is 0 Å². The molecule has 23 heavy (non-hydrogen) atoms. The smallest absolute Gasteiger partial charge is 0.251 e. The number of nitrogens with one attached hydrogen (secondary N) is 1. The summed E-state index contributed by atoms with van der Waals surface area (Å²) in [6.07, 6.45) is 9.41. The second-order valence-corrected chi connectivity index (χ2v) is 6.23. The number of hydrogen-bond donors (Lipinski definition) is 1. The summed E-state index contributed by atoms with van der Waals surface area (Å²) >= 11 is 0. The summed E-state index contributed by atoms with van der Waals surface area (Å²) < 4.78 is 11.0. The minimum absolute atomic E-state index is 0.0177. The van der Waals surface area contributed by atoms with Crippen LogP contribution in [0.15, 0.2) is 18.2 Å². The number of amides is 1. The molecule has 1 aromatic carbocycles. The van der Waals surface area contributed by atoms with Crippen LogP contribution in [0.4, 0.5) is 0 Å². The Morgan fingerprint density at radius 3 is 2.48 bits per heavy atom. The maximum atomic E-state index is 12.5. The number of carbonyl (C=O) groups excluding carboxylic acids is 1. The lowest BCUT2D eigenvalue weighted by Crippen LogP contribution is -2.35. The fourth-order valence-electron chi connectivity index (χ4n) is 3.01. The SMILES string of the molecule is CCCOc1ccc(C(=O)NC2CCCCCCC2)cc1OC. The molecule has 128 valence electrons. The van der Waals surface area contributed by atoms with Crippen LogP contribution in [0, 0.1) is 0 Å². The molecule has 1 amide bonds. The van der Waals surface area contributed by atoms with Crippen molar-refractivity contribution in [2.75, 3.05) is 13.7 Å². The standard InChI is InChI=1S/C19H29NO3/c1-3-13-23-17-12-11-15(14-18(17)22-2)19(21)20-16-9-7-5-4-6-8-10-16/h11-12,14,16H,3-10,13H2,1-2H3,(H,20,21). The van der Waals surface area contributed by atoms with Gasteiger partial charge >= 0.3 is 0 Å². The van der Waals surface area contributed by atoms with Crippen molar-refractivity contribution in [2.24, 2.45) is 0 Å². The predicted molar refractivity (Wildman–Crippen MR) is 92.4 cm³/mol. The molecule has 0 heterocycles. The van der Waals surface area contributed by atoms with Crippen molar-refractivity contribution in [2.45, 2.75) is 64.3 Å². The molecule has 0 aromatic heterocycles. The van der Waals surface area contributed by atoms with E-state index >= 15 is 0 Å². The molecular weight excluding hydrogens is 290 g/mol. The van der Waals surface area contributed by atoms with Gasteiger partial charge in [0.15, 0.2) is 11.5 Å². The highest BCUT2D eigenvalue weighted by Crippen LogP contribution is 2.28. The van der Waals surface area contributed by atoms with E-state index in [4.69, 9.17) is 9.47 Å². The van der Waals surface area contributed by atoms with Crippen molar-refractivity contribution in [1.29, 1.82) is 0 Å². The Balaban J connectivity index is 2.00. The number of methoxy groups -OCH3 is 1. The van der Waals surface area contributed by atoms with Crippen LogP contribution >= 0.6 is 0 Å². The van der Waals surface area contributed by atoms with Gasteiger partial charge in [0.25, 0.3) is 5.91 Å². The molecule has 1 fully saturated rings. The Bertz CT molecular complexity index is 493. The van der Waals surface area contributed by atoms with Crippen molar-refractivity contribution in [3.8, 4) is 11.5 Å². The van der Waals surface area contributed by atoms with Gasteiger partial charge in [0.2, 0.25) is 0 Å². The molecule has 1 aromatic rings. The molecule has 4 heteroatoms. The molecule has 0 unspecified atom stereocenters. The van der Waals surface area contributed by atoms with Crippen LogP contribution in [0.25, 0.3) is 0 Å².